The van der Waals surface area contributed by atoms with E-state index in [0.717, 1.165) is 33.6 Å². The van der Waals surface area contributed by atoms with E-state index in [1.54, 1.807) is 7.05 Å². The Balaban J connectivity index is 0.000000456. The fourth-order valence-corrected chi connectivity index (χ4v) is 4.59. The van der Waals surface area contributed by atoms with E-state index in [0.29, 0.717) is 11.4 Å². The highest BCUT2D eigenvalue weighted by atomic mass is 32.1. The number of anilines is 1. The largest absolute Gasteiger partial charge is 0.357 e. The van der Waals surface area contributed by atoms with E-state index in [1.807, 2.05) is 49.9 Å². The van der Waals surface area contributed by atoms with Gasteiger partial charge in [-0.1, -0.05) is 50.3 Å². The summed E-state index contributed by atoms with van der Waals surface area (Å²) < 4.78 is 0.754. The summed E-state index contributed by atoms with van der Waals surface area (Å²) in [5, 5.41) is 2.97. The first kappa shape index (κ1) is 29.0. The summed E-state index contributed by atoms with van der Waals surface area (Å²) in [4.78, 5) is 13.4. The van der Waals surface area contributed by atoms with E-state index in [-0.39, 0.29) is 6.42 Å². The van der Waals surface area contributed by atoms with Gasteiger partial charge < -0.3 is 9.88 Å². The first-order chi connectivity index (χ1) is 16.4. The molecule has 5 nitrogen and oxygen atoms in total. The topological polar surface area (TPSA) is 55.1 Å². The number of hydrogen-bond acceptors (Lipinski definition) is 5. The number of aromatic nitrogens is 3. The van der Waals surface area contributed by atoms with Crippen molar-refractivity contribution in [3.8, 4) is 0 Å². The van der Waals surface area contributed by atoms with Crippen molar-refractivity contribution >= 4 is 39.8 Å². The van der Waals surface area contributed by atoms with E-state index < -0.39 is 4.55 Å². The highest BCUT2D eigenvalue weighted by molar-refractivity contribution is 7.84. The smallest absolute Gasteiger partial charge is 0.222 e. The van der Waals surface area contributed by atoms with E-state index >= 15 is 0 Å². The third-order valence-corrected chi connectivity index (χ3v) is 6.40. The molecule has 1 saturated carbocycles. The third kappa shape index (κ3) is 8.75. The van der Waals surface area contributed by atoms with E-state index in [9.17, 15) is 0 Å². The number of pyridine rings is 1. The van der Waals surface area contributed by atoms with Crippen molar-refractivity contribution in [2.24, 2.45) is 17.5 Å². The van der Waals surface area contributed by atoms with Gasteiger partial charge >= 0.3 is 0 Å². The average molecular weight is 487 g/mol. The van der Waals surface area contributed by atoms with Crippen LogP contribution in [0.5, 0.6) is 0 Å². The zero-order valence-corrected chi connectivity index (χ0v) is 23.1. The van der Waals surface area contributed by atoms with Crippen LogP contribution in [-0.4, -0.2) is 41.8 Å². The van der Waals surface area contributed by atoms with E-state index in [4.69, 9.17) is 15.7 Å². The van der Waals surface area contributed by atoms with Gasteiger partial charge in [0.15, 0.2) is 0 Å². The molecule has 2 heterocycles. The summed E-state index contributed by atoms with van der Waals surface area (Å²) in [6.07, 6.45) is 13.2. The normalized spacial score (nSPS) is 16.3. The summed E-state index contributed by atoms with van der Waals surface area (Å²) in [5.41, 5.74) is 5.95. The van der Waals surface area contributed by atoms with Crippen LogP contribution in [0.3, 0.4) is 0 Å². The van der Waals surface area contributed by atoms with Gasteiger partial charge in [-0.25, -0.2) is 15.0 Å². The molecule has 2 aromatic rings. The second-order valence-corrected chi connectivity index (χ2v) is 10.8. The number of nitrogens with zero attached hydrogens (tertiary/aromatic N) is 4. The molecule has 1 N–H and O–H groups in total. The van der Waals surface area contributed by atoms with Gasteiger partial charge in [0.2, 0.25) is 5.95 Å². The molecule has 1 aliphatic carbocycles. The highest BCUT2D eigenvalue weighted by Crippen LogP contribution is 2.34. The fraction of sp³-hybridized carbons (Fsp3) is 0.519. The van der Waals surface area contributed by atoms with Crippen LogP contribution in [0.1, 0.15) is 75.4 Å². The lowest BCUT2D eigenvalue weighted by Crippen LogP contribution is -2.27. The number of rotatable bonds is 6. The van der Waals surface area contributed by atoms with Gasteiger partial charge in [0.05, 0.1) is 27.1 Å². The molecule has 0 bridgehead atoms. The SMILES string of the molecule is CC1(C)CCCCC1.[B]C([B])(S)Cc1nc(NC)nc(C)c1/C(=C\C)c1ccc(=NC=C)n(C)c1. The Morgan fingerprint density at radius 2 is 1.91 bits per heavy atom. The second-order valence-electron chi connectivity index (χ2n) is 10.00. The molecule has 0 aliphatic heterocycles. The molecule has 0 saturated heterocycles. The predicted octanol–water partition coefficient (Wildman–Crippen LogP) is 5.10. The van der Waals surface area contributed by atoms with Crippen molar-refractivity contribution in [1.82, 2.24) is 14.5 Å². The minimum absolute atomic E-state index is 0.289. The summed E-state index contributed by atoms with van der Waals surface area (Å²) >= 11 is 4.28. The van der Waals surface area contributed by atoms with Crippen molar-refractivity contribution in [2.45, 2.75) is 70.8 Å². The predicted molar refractivity (Wildman–Crippen MR) is 154 cm³/mol. The molecule has 0 atom stereocenters. The lowest BCUT2D eigenvalue weighted by atomic mass is 9.66. The average Bonchev–Trinajstić information content (AvgIpc) is 2.76. The Hall–Kier alpha value is -2.21. The molecular formula is C27H39B2N5S. The number of aryl methyl sites for hydroxylation is 2. The molecule has 4 radical (unpaired) electrons. The molecule has 2 aromatic heterocycles. The molecule has 0 amide bonds. The molecule has 0 unspecified atom stereocenters. The maximum absolute atomic E-state index is 5.95. The van der Waals surface area contributed by atoms with Crippen LogP contribution in [0.25, 0.3) is 5.57 Å². The van der Waals surface area contributed by atoms with E-state index in [1.165, 1.54) is 38.3 Å². The van der Waals surface area contributed by atoms with Gasteiger partial charge in [-0.05, 0) is 61.8 Å². The Labute approximate surface area is 219 Å². The highest BCUT2D eigenvalue weighted by Gasteiger charge is 2.22. The van der Waals surface area contributed by atoms with Crippen LogP contribution in [0.15, 0.2) is 42.2 Å². The quantitative estimate of drug-likeness (QED) is 0.441. The van der Waals surface area contributed by atoms with Crippen molar-refractivity contribution in [3.05, 3.63) is 65.2 Å². The molecular weight excluding hydrogens is 448 g/mol. The fourth-order valence-electron chi connectivity index (χ4n) is 4.44. The summed E-state index contributed by atoms with van der Waals surface area (Å²) in [6, 6.07) is 3.94. The van der Waals surface area contributed by atoms with Gasteiger partial charge in [0, 0.05) is 32.1 Å². The Bertz CT molecular complexity index is 1110. The van der Waals surface area contributed by atoms with Crippen LogP contribution in [0, 0.1) is 12.3 Å². The maximum Gasteiger partial charge on any atom is 0.222 e. The number of hydrogen-bond donors (Lipinski definition) is 2. The first-order valence-electron chi connectivity index (χ1n) is 12.2. The first-order valence-corrected chi connectivity index (χ1v) is 12.7. The van der Waals surface area contributed by atoms with Gasteiger partial charge in [0.1, 0.15) is 5.49 Å². The van der Waals surface area contributed by atoms with Gasteiger partial charge in [-0.2, -0.15) is 12.6 Å². The molecule has 3 rings (SSSR count). The van der Waals surface area contributed by atoms with Crippen molar-refractivity contribution in [3.63, 3.8) is 0 Å². The van der Waals surface area contributed by atoms with Gasteiger partial charge in [-0.3, -0.25) is 0 Å². The Kier molecular flexibility index (Phi) is 10.5. The monoisotopic (exact) mass is 487 g/mol. The number of thiol groups is 1. The molecule has 0 spiro atoms. The van der Waals surface area contributed by atoms with Crippen LogP contribution in [0.4, 0.5) is 5.95 Å². The van der Waals surface area contributed by atoms with Crippen molar-refractivity contribution in [1.29, 1.82) is 0 Å². The zero-order valence-electron chi connectivity index (χ0n) is 22.2. The van der Waals surface area contributed by atoms with Crippen LogP contribution in [-0.2, 0) is 13.5 Å². The van der Waals surface area contributed by atoms with Crippen LogP contribution < -0.4 is 10.8 Å². The maximum atomic E-state index is 5.95. The summed E-state index contributed by atoms with van der Waals surface area (Å²) in [6.45, 7) is 12.3. The van der Waals surface area contributed by atoms with Crippen LogP contribution >= 0.6 is 12.6 Å². The van der Waals surface area contributed by atoms with Crippen LogP contribution in [0.2, 0.25) is 0 Å². The molecule has 1 fully saturated rings. The number of nitrogens with one attached hydrogen (secondary N) is 1. The molecule has 35 heavy (non-hydrogen) atoms. The lowest BCUT2D eigenvalue weighted by Gasteiger charge is -2.28. The van der Waals surface area contributed by atoms with Crippen molar-refractivity contribution in [2.75, 3.05) is 12.4 Å². The van der Waals surface area contributed by atoms with Gasteiger partial charge in [-0.15, -0.1) is 0 Å². The Morgan fingerprint density at radius 1 is 1.26 bits per heavy atom. The Morgan fingerprint density at radius 3 is 2.37 bits per heavy atom. The molecule has 8 heteroatoms. The standard InChI is InChI=1S/C19H23B2N5S.C8H16/c1-6-14(13-8-9-16(23-7-2)26(5)11-13)17-12(3)24-18(22-4)25-15(17)10-19(20,21)27;1-8(2)6-4-3-5-7-8/h6-9,11,27H,2,10H2,1,3-5H3,(H,22,24,25);3-7H2,1-2H3/b14-6-,23-16?;. The molecule has 184 valence electrons. The minimum atomic E-state index is -1.18. The molecule has 0 aromatic carbocycles. The third-order valence-electron chi connectivity index (χ3n) is 6.24. The van der Waals surface area contributed by atoms with Gasteiger partial charge in [0.25, 0.3) is 0 Å². The summed E-state index contributed by atoms with van der Waals surface area (Å²) in [5.74, 6) is 0.518. The zero-order chi connectivity index (χ0) is 26.2. The second kappa shape index (κ2) is 12.7. The molecule has 1 aliphatic rings. The number of allylic oxidation sites excluding steroid dienone is 1. The summed E-state index contributed by atoms with van der Waals surface area (Å²) in [7, 11) is 15.6. The lowest BCUT2D eigenvalue weighted by molar-refractivity contribution is 0.244. The minimum Gasteiger partial charge on any atom is -0.357 e. The van der Waals surface area contributed by atoms with Crippen molar-refractivity contribution < 1.29 is 0 Å². The van der Waals surface area contributed by atoms with E-state index in [2.05, 4.69) is 53.3 Å².